The van der Waals surface area contributed by atoms with Crippen molar-refractivity contribution in [2.45, 2.75) is 38.5 Å². The van der Waals surface area contributed by atoms with E-state index in [0.29, 0.717) is 39.4 Å². The molecule has 3 rings (SSSR count). The summed E-state index contributed by atoms with van der Waals surface area (Å²) in [4.78, 5) is 25.2. The lowest BCUT2D eigenvalue weighted by Crippen LogP contribution is -2.34. The lowest BCUT2D eigenvalue weighted by atomic mass is 9.95. The zero-order valence-corrected chi connectivity index (χ0v) is 19.2. The number of nitrogens with one attached hydrogen (secondary N) is 2. The van der Waals surface area contributed by atoms with E-state index in [1.54, 1.807) is 18.2 Å². The van der Waals surface area contributed by atoms with Crippen LogP contribution >= 0.6 is 46.8 Å². The number of halogens is 2. The molecule has 160 valence electrons. The van der Waals surface area contributed by atoms with Gasteiger partial charge in [0.1, 0.15) is 10.8 Å². The maximum absolute atomic E-state index is 12.2. The van der Waals surface area contributed by atoms with Crippen molar-refractivity contribution in [2.75, 3.05) is 11.9 Å². The lowest BCUT2D eigenvalue weighted by Gasteiger charge is -2.12. The van der Waals surface area contributed by atoms with Gasteiger partial charge in [0.25, 0.3) is 5.91 Å². The molecule has 2 amide bonds. The summed E-state index contributed by atoms with van der Waals surface area (Å²) >= 11 is 18.6. The highest BCUT2D eigenvalue weighted by Crippen LogP contribution is 2.37. The minimum Gasteiger partial charge on any atom is -0.492 e. The van der Waals surface area contributed by atoms with Crippen molar-refractivity contribution in [3.63, 3.8) is 0 Å². The Labute approximate surface area is 194 Å². The summed E-state index contributed by atoms with van der Waals surface area (Å²) in [5.41, 5.74) is 7.07. The molecule has 0 saturated carbocycles. The van der Waals surface area contributed by atoms with Crippen molar-refractivity contribution < 1.29 is 14.3 Å². The molecule has 0 fully saturated rings. The van der Waals surface area contributed by atoms with Gasteiger partial charge in [-0.05, 0) is 68.1 Å². The maximum Gasteiger partial charge on any atom is 0.251 e. The van der Waals surface area contributed by atoms with Gasteiger partial charge in [-0.3, -0.25) is 9.59 Å². The molecule has 0 saturated heterocycles. The molecular formula is C20H21Cl2N3O3S2. The minimum absolute atomic E-state index is 0.141. The summed E-state index contributed by atoms with van der Waals surface area (Å²) in [5, 5.41) is 7.28. The highest BCUT2D eigenvalue weighted by Gasteiger charge is 2.24. The van der Waals surface area contributed by atoms with E-state index in [1.165, 1.54) is 11.3 Å². The Kier molecular flexibility index (Phi) is 7.93. The van der Waals surface area contributed by atoms with Crippen LogP contribution in [0.15, 0.2) is 18.2 Å². The van der Waals surface area contributed by atoms with E-state index < -0.39 is 5.91 Å². The van der Waals surface area contributed by atoms with Crippen LogP contribution in [-0.4, -0.2) is 23.5 Å². The van der Waals surface area contributed by atoms with Crippen molar-refractivity contribution in [1.82, 2.24) is 5.32 Å². The minimum atomic E-state index is -0.482. The molecule has 0 spiro atoms. The van der Waals surface area contributed by atoms with Crippen LogP contribution in [0.25, 0.3) is 0 Å². The number of aryl methyl sites for hydroxylation is 1. The van der Waals surface area contributed by atoms with E-state index in [-0.39, 0.29) is 17.4 Å². The number of fused-ring (bicyclic) bond motifs is 1. The van der Waals surface area contributed by atoms with Crippen LogP contribution in [0, 0.1) is 0 Å². The van der Waals surface area contributed by atoms with Gasteiger partial charge in [-0.1, -0.05) is 23.2 Å². The van der Waals surface area contributed by atoms with E-state index in [4.69, 9.17) is 45.9 Å². The van der Waals surface area contributed by atoms with Crippen molar-refractivity contribution in [3.05, 3.63) is 44.2 Å². The average Bonchev–Trinajstić information content (AvgIpc) is 3.04. The molecule has 0 bridgehead atoms. The molecule has 0 unspecified atom stereocenters. The van der Waals surface area contributed by atoms with Crippen molar-refractivity contribution in [2.24, 2.45) is 5.73 Å². The summed E-state index contributed by atoms with van der Waals surface area (Å²) < 4.78 is 5.56. The second kappa shape index (κ2) is 10.4. The first-order chi connectivity index (χ1) is 14.3. The Hall–Kier alpha value is -1.87. The third-order valence-electron chi connectivity index (χ3n) is 4.60. The number of carbonyl (C=O) groups excluding carboxylic acids is 2. The number of benzene rings is 1. The largest absolute Gasteiger partial charge is 0.492 e. The number of ether oxygens (including phenoxy) is 1. The fourth-order valence-electron chi connectivity index (χ4n) is 3.25. The molecule has 6 nitrogen and oxygen atoms in total. The first-order valence-electron chi connectivity index (χ1n) is 9.48. The van der Waals surface area contributed by atoms with Crippen LogP contribution in [0.2, 0.25) is 10.0 Å². The van der Waals surface area contributed by atoms with Gasteiger partial charge in [-0.25, -0.2) is 0 Å². The SMILES string of the molecule is NC(=O)c1c(NC(=S)NC(=O)CCCOc2ccc(Cl)cc2Cl)sc2c1CCCC2. The lowest BCUT2D eigenvalue weighted by molar-refractivity contribution is -0.119. The number of carbonyl (C=O) groups is 2. The van der Waals surface area contributed by atoms with Crippen LogP contribution in [0.4, 0.5) is 5.00 Å². The van der Waals surface area contributed by atoms with Crippen LogP contribution in [0.5, 0.6) is 5.75 Å². The molecule has 0 aliphatic heterocycles. The summed E-state index contributed by atoms with van der Waals surface area (Å²) in [6.07, 6.45) is 4.59. The third-order valence-corrected chi connectivity index (χ3v) is 6.54. The summed E-state index contributed by atoms with van der Waals surface area (Å²) in [7, 11) is 0. The average molecular weight is 486 g/mol. The molecule has 30 heavy (non-hydrogen) atoms. The highest BCUT2D eigenvalue weighted by atomic mass is 35.5. The fourth-order valence-corrected chi connectivity index (χ4v) is 5.29. The van der Waals surface area contributed by atoms with Crippen molar-refractivity contribution in [3.8, 4) is 5.75 Å². The summed E-state index contributed by atoms with van der Waals surface area (Å²) in [5.74, 6) is -0.219. The number of primary amides is 1. The maximum atomic E-state index is 12.2. The Balaban J connectivity index is 1.47. The number of anilines is 1. The highest BCUT2D eigenvalue weighted by molar-refractivity contribution is 7.80. The van der Waals surface area contributed by atoms with Crippen LogP contribution in [0.3, 0.4) is 0 Å². The smallest absolute Gasteiger partial charge is 0.251 e. The second-order valence-electron chi connectivity index (χ2n) is 6.81. The molecule has 0 radical (unpaired) electrons. The Bertz CT molecular complexity index is 978. The van der Waals surface area contributed by atoms with Gasteiger partial charge in [0, 0.05) is 16.3 Å². The van der Waals surface area contributed by atoms with Gasteiger partial charge in [0.2, 0.25) is 5.91 Å². The Morgan fingerprint density at radius 2 is 2.00 bits per heavy atom. The predicted molar refractivity (Wildman–Crippen MR) is 125 cm³/mol. The number of amides is 2. The van der Waals surface area contributed by atoms with Gasteiger partial charge in [-0.15, -0.1) is 11.3 Å². The molecule has 1 heterocycles. The van der Waals surface area contributed by atoms with Gasteiger partial charge in [-0.2, -0.15) is 0 Å². The predicted octanol–water partition coefficient (Wildman–Crippen LogP) is 4.70. The number of rotatable bonds is 7. The third kappa shape index (κ3) is 5.85. The van der Waals surface area contributed by atoms with Gasteiger partial charge < -0.3 is 21.1 Å². The zero-order valence-electron chi connectivity index (χ0n) is 16.1. The molecule has 1 aromatic carbocycles. The topological polar surface area (TPSA) is 93.5 Å². The first kappa shape index (κ1) is 22.8. The van der Waals surface area contributed by atoms with Gasteiger partial charge in [0.05, 0.1) is 17.2 Å². The molecule has 2 aromatic rings. The Morgan fingerprint density at radius 1 is 1.23 bits per heavy atom. The van der Waals surface area contributed by atoms with E-state index in [1.807, 2.05) is 0 Å². The molecule has 10 heteroatoms. The first-order valence-corrected chi connectivity index (χ1v) is 11.5. The van der Waals surface area contributed by atoms with Gasteiger partial charge >= 0.3 is 0 Å². The number of thiocarbonyl (C=S) groups is 1. The standard InChI is InChI=1S/C20H21Cl2N3O3S2/c21-11-7-8-14(13(22)10-11)28-9-3-6-16(26)24-20(29)25-19-17(18(23)27)12-4-1-2-5-15(12)30-19/h7-8,10H,1-6,9H2,(H2,23,27)(H2,24,25,26,29). The number of hydrogen-bond donors (Lipinski definition) is 3. The Morgan fingerprint density at radius 3 is 2.73 bits per heavy atom. The summed E-state index contributed by atoms with van der Waals surface area (Å²) in [6.45, 7) is 0.318. The summed E-state index contributed by atoms with van der Waals surface area (Å²) in [6, 6.07) is 4.96. The molecule has 0 atom stereocenters. The van der Waals surface area contributed by atoms with Crippen LogP contribution in [-0.2, 0) is 17.6 Å². The van der Waals surface area contributed by atoms with Crippen LogP contribution in [0.1, 0.15) is 46.5 Å². The fraction of sp³-hybridized carbons (Fsp3) is 0.350. The van der Waals surface area contributed by atoms with E-state index in [0.717, 1.165) is 36.1 Å². The molecular weight excluding hydrogens is 465 g/mol. The van der Waals surface area contributed by atoms with Crippen LogP contribution < -0.4 is 21.1 Å². The molecule has 1 aromatic heterocycles. The number of thiophene rings is 1. The normalized spacial score (nSPS) is 12.7. The van der Waals surface area contributed by atoms with Crippen molar-refractivity contribution in [1.29, 1.82) is 0 Å². The second-order valence-corrected chi connectivity index (χ2v) is 9.17. The van der Waals surface area contributed by atoms with E-state index in [9.17, 15) is 9.59 Å². The van der Waals surface area contributed by atoms with Gasteiger partial charge in [0.15, 0.2) is 5.11 Å². The number of hydrogen-bond acceptors (Lipinski definition) is 5. The van der Waals surface area contributed by atoms with E-state index >= 15 is 0 Å². The molecule has 1 aliphatic carbocycles. The molecule has 4 N–H and O–H groups in total. The van der Waals surface area contributed by atoms with E-state index in [2.05, 4.69) is 10.6 Å². The number of nitrogens with two attached hydrogens (primary N) is 1. The monoisotopic (exact) mass is 485 g/mol. The molecule has 1 aliphatic rings. The zero-order chi connectivity index (χ0) is 21.7. The quantitative estimate of drug-likeness (QED) is 0.390. The van der Waals surface area contributed by atoms with Crippen molar-refractivity contribution >= 4 is 68.7 Å².